The zero-order chi connectivity index (χ0) is 15.9. The first-order valence-electron chi connectivity index (χ1n) is 6.97. The summed E-state index contributed by atoms with van der Waals surface area (Å²) in [5.74, 6) is -4.33. The van der Waals surface area contributed by atoms with Gasteiger partial charge in [-0.2, -0.15) is 0 Å². The summed E-state index contributed by atoms with van der Waals surface area (Å²) in [5.41, 5.74) is -0.0625. The van der Waals surface area contributed by atoms with Crippen molar-refractivity contribution < 1.29 is 23.2 Å². The van der Waals surface area contributed by atoms with Gasteiger partial charge in [0.15, 0.2) is 17.4 Å². The Balaban J connectivity index is 1.78. The largest absolute Gasteiger partial charge is 0.292 e. The molecule has 1 aliphatic heterocycles. The van der Waals surface area contributed by atoms with Gasteiger partial charge in [-0.05, 0) is 31.0 Å². The van der Waals surface area contributed by atoms with Gasteiger partial charge in [-0.3, -0.25) is 19.3 Å². The summed E-state index contributed by atoms with van der Waals surface area (Å²) in [4.78, 5) is 37.5. The van der Waals surface area contributed by atoms with Crippen molar-refractivity contribution >= 4 is 17.6 Å². The van der Waals surface area contributed by atoms with E-state index in [9.17, 15) is 23.2 Å². The molecule has 2 amide bonds. The van der Waals surface area contributed by atoms with E-state index in [1.54, 1.807) is 0 Å². The van der Waals surface area contributed by atoms with Crippen molar-refractivity contribution in [3.63, 3.8) is 0 Å². The number of ketones is 1. The van der Waals surface area contributed by atoms with Crippen LogP contribution in [0.2, 0.25) is 0 Å². The van der Waals surface area contributed by atoms with Crippen molar-refractivity contribution in [3.05, 3.63) is 47.5 Å². The van der Waals surface area contributed by atoms with E-state index in [1.165, 1.54) is 0 Å². The normalized spacial score (nSPS) is 23.8. The van der Waals surface area contributed by atoms with Gasteiger partial charge in [0.25, 0.3) is 0 Å². The Morgan fingerprint density at radius 3 is 2.18 bits per heavy atom. The van der Waals surface area contributed by atoms with Gasteiger partial charge in [0.2, 0.25) is 11.8 Å². The summed E-state index contributed by atoms with van der Waals surface area (Å²) in [6, 6.07) is 2.76. The lowest BCUT2D eigenvalue weighted by Gasteiger charge is -2.14. The highest BCUT2D eigenvalue weighted by Gasteiger charge is 2.47. The molecule has 1 aromatic carbocycles. The van der Waals surface area contributed by atoms with Gasteiger partial charge in [0, 0.05) is 5.56 Å². The number of rotatable bonds is 3. The van der Waals surface area contributed by atoms with Crippen LogP contribution in [0.5, 0.6) is 0 Å². The Bertz CT molecular complexity index is 673. The van der Waals surface area contributed by atoms with Crippen molar-refractivity contribution in [1.29, 1.82) is 0 Å². The quantitative estimate of drug-likeness (QED) is 0.488. The zero-order valence-corrected chi connectivity index (χ0v) is 11.6. The predicted octanol–water partition coefficient (Wildman–Crippen LogP) is 2.10. The summed E-state index contributed by atoms with van der Waals surface area (Å²) in [7, 11) is 0. The van der Waals surface area contributed by atoms with E-state index in [1.807, 2.05) is 12.2 Å². The van der Waals surface area contributed by atoms with Gasteiger partial charge in [0.05, 0.1) is 18.4 Å². The van der Waals surface area contributed by atoms with Crippen molar-refractivity contribution in [3.8, 4) is 0 Å². The lowest BCUT2D eigenvalue weighted by molar-refractivity contribution is -0.139. The molecule has 114 valence electrons. The van der Waals surface area contributed by atoms with Crippen LogP contribution in [0.15, 0.2) is 30.4 Å². The van der Waals surface area contributed by atoms with Gasteiger partial charge >= 0.3 is 0 Å². The van der Waals surface area contributed by atoms with Crippen molar-refractivity contribution in [2.75, 3.05) is 6.54 Å². The monoisotopic (exact) mass is 305 g/mol. The smallest absolute Gasteiger partial charge is 0.233 e. The highest BCUT2D eigenvalue weighted by atomic mass is 19.2. The Morgan fingerprint density at radius 2 is 1.64 bits per heavy atom. The fourth-order valence-corrected chi connectivity index (χ4v) is 2.93. The fraction of sp³-hybridized carbons (Fsp3) is 0.312. The molecule has 1 heterocycles. The molecule has 4 nitrogen and oxygen atoms in total. The minimum absolute atomic E-state index is 0.0625. The standard InChI is InChI=1S/C16H13F2NO3/c17-12-6-5-9(7-13(12)18)14(20)8-19-15(21)10-3-1-2-4-11(10)16(19)22/h1-2,5-7,10-11H,3-4,8H2/t10-,11-/m0/s1. The average molecular weight is 305 g/mol. The highest BCUT2D eigenvalue weighted by molar-refractivity contribution is 6.10. The minimum atomic E-state index is -1.14. The number of allylic oxidation sites excluding steroid dienone is 2. The summed E-state index contributed by atoms with van der Waals surface area (Å²) in [5, 5.41) is 0. The molecule has 22 heavy (non-hydrogen) atoms. The molecule has 1 aliphatic carbocycles. The molecule has 0 unspecified atom stereocenters. The number of hydrogen-bond acceptors (Lipinski definition) is 3. The number of hydrogen-bond donors (Lipinski definition) is 0. The maximum Gasteiger partial charge on any atom is 0.233 e. The van der Waals surface area contributed by atoms with Crippen LogP contribution in [0.25, 0.3) is 0 Å². The second kappa shape index (κ2) is 5.44. The van der Waals surface area contributed by atoms with Crippen LogP contribution in [-0.2, 0) is 9.59 Å². The first-order valence-corrected chi connectivity index (χ1v) is 6.97. The maximum absolute atomic E-state index is 13.2. The lowest BCUT2D eigenvalue weighted by Crippen LogP contribution is -2.36. The Labute approximate surface area is 125 Å². The molecule has 2 aliphatic rings. The van der Waals surface area contributed by atoms with Crippen LogP contribution in [0, 0.1) is 23.5 Å². The number of nitrogens with zero attached hydrogens (tertiary/aromatic N) is 1. The number of fused-ring (bicyclic) bond motifs is 1. The van der Waals surface area contributed by atoms with Crippen LogP contribution in [0.3, 0.4) is 0 Å². The van der Waals surface area contributed by atoms with Gasteiger partial charge in [0.1, 0.15) is 0 Å². The number of Topliss-reactive ketones (excluding diaryl/α,β-unsaturated/α-hetero) is 1. The van der Waals surface area contributed by atoms with E-state index in [4.69, 9.17) is 0 Å². The third-order valence-corrected chi connectivity index (χ3v) is 4.14. The predicted molar refractivity (Wildman–Crippen MR) is 72.8 cm³/mol. The molecule has 1 aromatic rings. The number of likely N-dealkylation sites (tertiary alicyclic amines) is 1. The van der Waals surface area contributed by atoms with Crippen LogP contribution in [0.4, 0.5) is 8.78 Å². The molecular formula is C16H13F2NO3. The molecule has 0 bridgehead atoms. The number of amides is 2. The van der Waals surface area contributed by atoms with E-state index in [-0.39, 0.29) is 17.4 Å². The second-order valence-corrected chi connectivity index (χ2v) is 5.47. The number of carbonyl (C=O) groups excluding carboxylic acids is 3. The molecular weight excluding hydrogens is 292 g/mol. The number of halogens is 2. The Kier molecular flexibility index (Phi) is 3.60. The lowest BCUT2D eigenvalue weighted by atomic mass is 9.85. The third-order valence-electron chi connectivity index (χ3n) is 4.14. The minimum Gasteiger partial charge on any atom is -0.292 e. The van der Waals surface area contributed by atoms with Crippen molar-refractivity contribution in [2.24, 2.45) is 11.8 Å². The summed E-state index contributed by atoms with van der Waals surface area (Å²) in [6.07, 6.45) is 4.69. The topological polar surface area (TPSA) is 54.5 Å². The third kappa shape index (κ3) is 2.34. The van der Waals surface area contributed by atoms with Crippen LogP contribution >= 0.6 is 0 Å². The van der Waals surface area contributed by atoms with Crippen molar-refractivity contribution in [1.82, 2.24) is 4.90 Å². The van der Waals surface area contributed by atoms with Gasteiger partial charge in [-0.15, -0.1) is 0 Å². The molecule has 0 spiro atoms. The number of imide groups is 1. The fourth-order valence-electron chi connectivity index (χ4n) is 2.93. The average Bonchev–Trinajstić information content (AvgIpc) is 2.75. The molecule has 0 saturated carbocycles. The Hall–Kier alpha value is -2.37. The van der Waals surface area contributed by atoms with Gasteiger partial charge in [-0.1, -0.05) is 12.2 Å². The van der Waals surface area contributed by atoms with Gasteiger partial charge in [-0.25, -0.2) is 8.78 Å². The van der Waals surface area contributed by atoms with E-state index < -0.39 is 35.8 Å². The van der Waals surface area contributed by atoms with E-state index in [0.717, 1.165) is 23.1 Å². The van der Waals surface area contributed by atoms with Gasteiger partial charge < -0.3 is 0 Å². The molecule has 3 rings (SSSR count). The van der Waals surface area contributed by atoms with Crippen molar-refractivity contribution in [2.45, 2.75) is 12.8 Å². The van der Waals surface area contributed by atoms with E-state index in [0.29, 0.717) is 12.8 Å². The molecule has 0 N–H and O–H groups in total. The molecule has 0 radical (unpaired) electrons. The van der Waals surface area contributed by atoms with E-state index in [2.05, 4.69) is 0 Å². The SMILES string of the molecule is O=C(CN1C(=O)[C@H]2CC=CC[C@@H]2C1=O)c1ccc(F)c(F)c1. The van der Waals surface area contributed by atoms with Crippen LogP contribution in [0.1, 0.15) is 23.2 Å². The molecule has 1 saturated heterocycles. The van der Waals surface area contributed by atoms with Crippen LogP contribution < -0.4 is 0 Å². The molecule has 1 fully saturated rings. The summed E-state index contributed by atoms with van der Waals surface area (Å²) in [6.45, 7) is -0.435. The summed E-state index contributed by atoms with van der Waals surface area (Å²) >= 11 is 0. The first kappa shape index (κ1) is 14.6. The highest BCUT2D eigenvalue weighted by Crippen LogP contribution is 2.35. The number of carbonyl (C=O) groups is 3. The maximum atomic E-state index is 13.2. The molecule has 0 aromatic heterocycles. The van der Waals surface area contributed by atoms with E-state index >= 15 is 0 Å². The summed E-state index contributed by atoms with van der Waals surface area (Å²) < 4.78 is 26.0. The van der Waals surface area contributed by atoms with Crippen LogP contribution in [-0.4, -0.2) is 29.0 Å². The second-order valence-electron chi connectivity index (χ2n) is 5.47. The molecule has 6 heteroatoms. The zero-order valence-electron chi connectivity index (χ0n) is 11.6. The number of benzene rings is 1. The molecule has 2 atom stereocenters. The first-order chi connectivity index (χ1) is 10.5. The Morgan fingerprint density at radius 1 is 1.05 bits per heavy atom.